The second-order valence-electron chi connectivity index (χ2n) is 9.38. The van der Waals surface area contributed by atoms with Gasteiger partial charge < -0.3 is 16.0 Å². The van der Waals surface area contributed by atoms with Gasteiger partial charge in [0.1, 0.15) is 11.4 Å². The van der Waals surface area contributed by atoms with E-state index in [9.17, 15) is 0 Å². The van der Waals surface area contributed by atoms with Gasteiger partial charge >= 0.3 is 0 Å². The monoisotopic (exact) mass is 474 g/mol. The largest absolute Gasteiger partial charge is 0.369 e. The van der Waals surface area contributed by atoms with Crippen molar-refractivity contribution in [3.63, 3.8) is 0 Å². The van der Waals surface area contributed by atoms with Crippen molar-refractivity contribution in [2.45, 2.75) is 39.2 Å². The first-order valence-electron chi connectivity index (χ1n) is 12.1. The standard InChI is InChI=1S/C26H31FN8/c1-5-29-17-10-11-35(14-17)18-7-9-21(30-13-18)24-22(27)23(31-26(28)32-24)16-6-8-20-19(12-16)25(15(2)3)34(4)33-20/h6-9,12-13,15,17,29H,5,10-11,14H2,1-4H3,(H2,28,31,32). The van der Waals surface area contributed by atoms with E-state index in [1.165, 1.54) is 0 Å². The average molecular weight is 475 g/mol. The average Bonchev–Trinajstić information content (AvgIpc) is 3.43. The lowest BCUT2D eigenvalue weighted by atomic mass is 10.0. The van der Waals surface area contributed by atoms with E-state index in [1.807, 2.05) is 36.0 Å². The molecule has 1 aliphatic heterocycles. The number of nitrogens with zero attached hydrogens (tertiary/aromatic N) is 6. The molecule has 0 amide bonds. The van der Waals surface area contributed by atoms with Gasteiger partial charge in [-0.05, 0) is 43.1 Å². The highest BCUT2D eigenvalue weighted by Gasteiger charge is 2.23. The van der Waals surface area contributed by atoms with Crippen molar-refractivity contribution < 1.29 is 4.39 Å². The van der Waals surface area contributed by atoms with Gasteiger partial charge in [-0.2, -0.15) is 5.10 Å². The van der Waals surface area contributed by atoms with Crippen LogP contribution in [0.3, 0.4) is 0 Å². The third-order valence-electron chi connectivity index (χ3n) is 6.60. The number of nitrogens with two attached hydrogens (primary N) is 1. The Hall–Kier alpha value is -3.59. The number of aromatic nitrogens is 5. The molecule has 8 nitrogen and oxygen atoms in total. The number of likely N-dealkylation sites (N-methyl/N-ethyl adjacent to an activating group) is 1. The van der Waals surface area contributed by atoms with Crippen molar-refractivity contribution in [2.75, 3.05) is 30.3 Å². The number of fused-ring (bicyclic) bond motifs is 1. The number of halogens is 1. The second-order valence-corrected chi connectivity index (χ2v) is 9.38. The van der Waals surface area contributed by atoms with Gasteiger partial charge in [0.05, 0.1) is 23.1 Å². The van der Waals surface area contributed by atoms with E-state index in [0.717, 1.165) is 48.3 Å². The Labute approximate surface area is 204 Å². The normalized spacial score (nSPS) is 16.1. The highest BCUT2D eigenvalue weighted by molar-refractivity contribution is 5.87. The number of nitrogen functional groups attached to an aromatic ring is 1. The lowest BCUT2D eigenvalue weighted by Gasteiger charge is -2.19. The third kappa shape index (κ3) is 4.32. The van der Waals surface area contributed by atoms with Crippen molar-refractivity contribution in [2.24, 2.45) is 7.05 Å². The van der Waals surface area contributed by atoms with E-state index in [4.69, 9.17) is 5.73 Å². The molecule has 1 unspecified atom stereocenters. The summed E-state index contributed by atoms with van der Waals surface area (Å²) in [7, 11) is 1.92. The summed E-state index contributed by atoms with van der Waals surface area (Å²) in [6, 6.07) is 9.87. The number of benzene rings is 1. The van der Waals surface area contributed by atoms with Crippen molar-refractivity contribution in [3.05, 3.63) is 48.0 Å². The van der Waals surface area contributed by atoms with Crippen LogP contribution < -0.4 is 16.0 Å². The predicted octanol–water partition coefficient (Wildman–Crippen LogP) is 4.13. The molecule has 0 aliphatic carbocycles. The molecule has 1 aromatic carbocycles. The van der Waals surface area contributed by atoms with Crippen molar-refractivity contribution in [1.82, 2.24) is 30.0 Å². The topological polar surface area (TPSA) is 97.8 Å². The van der Waals surface area contributed by atoms with Gasteiger partial charge in [-0.15, -0.1) is 0 Å². The lowest BCUT2D eigenvalue weighted by molar-refractivity contribution is 0.572. The van der Waals surface area contributed by atoms with Crippen molar-refractivity contribution in [1.29, 1.82) is 0 Å². The molecule has 0 bridgehead atoms. The van der Waals surface area contributed by atoms with Crippen LogP contribution in [0.25, 0.3) is 33.5 Å². The van der Waals surface area contributed by atoms with Crippen LogP contribution in [-0.2, 0) is 7.05 Å². The molecule has 0 radical (unpaired) electrons. The molecule has 35 heavy (non-hydrogen) atoms. The number of anilines is 2. The molecular formula is C26H31FN8. The Kier molecular flexibility index (Phi) is 6.10. The summed E-state index contributed by atoms with van der Waals surface area (Å²) < 4.78 is 17.6. The molecule has 182 valence electrons. The van der Waals surface area contributed by atoms with Gasteiger partial charge in [-0.1, -0.05) is 26.8 Å². The highest BCUT2D eigenvalue weighted by Crippen LogP contribution is 2.33. The van der Waals surface area contributed by atoms with Gasteiger partial charge in [0.15, 0.2) is 5.82 Å². The van der Waals surface area contributed by atoms with E-state index in [1.54, 1.807) is 12.3 Å². The Morgan fingerprint density at radius 2 is 1.97 bits per heavy atom. The fourth-order valence-corrected chi connectivity index (χ4v) is 5.04. The molecule has 4 heterocycles. The molecule has 1 saturated heterocycles. The van der Waals surface area contributed by atoms with Crippen LogP contribution in [0.15, 0.2) is 36.5 Å². The van der Waals surface area contributed by atoms with E-state index in [2.05, 4.69) is 51.0 Å². The summed E-state index contributed by atoms with van der Waals surface area (Å²) in [4.78, 5) is 15.3. The Balaban J connectivity index is 1.50. The van der Waals surface area contributed by atoms with E-state index < -0.39 is 5.82 Å². The number of rotatable bonds is 6. The number of nitrogens with one attached hydrogen (secondary N) is 1. The molecule has 9 heteroatoms. The maximum absolute atomic E-state index is 15.8. The number of hydrogen-bond donors (Lipinski definition) is 2. The van der Waals surface area contributed by atoms with Crippen LogP contribution >= 0.6 is 0 Å². The van der Waals surface area contributed by atoms with E-state index in [-0.39, 0.29) is 23.3 Å². The maximum Gasteiger partial charge on any atom is 0.221 e. The molecular weight excluding hydrogens is 443 g/mol. The quantitative estimate of drug-likeness (QED) is 0.434. The minimum absolute atomic E-state index is 0.00525. The highest BCUT2D eigenvalue weighted by atomic mass is 19.1. The molecule has 5 rings (SSSR count). The minimum atomic E-state index is -0.540. The van der Waals surface area contributed by atoms with Crippen LogP contribution in [0, 0.1) is 5.82 Å². The summed E-state index contributed by atoms with van der Waals surface area (Å²) in [5.74, 6) is -0.268. The molecule has 0 saturated carbocycles. The smallest absolute Gasteiger partial charge is 0.221 e. The molecule has 1 aliphatic rings. The SMILES string of the molecule is CCNC1CCN(c2ccc(-c3nc(N)nc(-c4ccc5nn(C)c(C(C)C)c5c4)c3F)nc2)C1. The van der Waals surface area contributed by atoms with Gasteiger partial charge in [0, 0.05) is 42.8 Å². The van der Waals surface area contributed by atoms with Crippen molar-refractivity contribution in [3.8, 4) is 22.6 Å². The molecule has 1 fully saturated rings. The zero-order chi connectivity index (χ0) is 24.7. The fraction of sp³-hybridized carbons (Fsp3) is 0.385. The minimum Gasteiger partial charge on any atom is -0.369 e. The summed E-state index contributed by atoms with van der Waals surface area (Å²) in [6.07, 6.45) is 2.87. The van der Waals surface area contributed by atoms with Gasteiger partial charge in [-0.3, -0.25) is 9.67 Å². The van der Waals surface area contributed by atoms with Crippen molar-refractivity contribution >= 4 is 22.5 Å². The van der Waals surface area contributed by atoms with Crippen LogP contribution in [0.5, 0.6) is 0 Å². The summed E-state index contributed by atoms with van der Waals surface area (Å²) in [6.45, 7) is 9.20. The van der Waals surface area contributed by atoms with Gasteiger partial charge in [0.25, 0.3) is 0 Å². The van der Waals surface area contributed by atoms with E-state index >= 15 is 4.39 Å². The third-order valence-corrected chi connectivity index (χ3v) is 6.60. The van der Waals surface area contributed by atoms with Crippen LogP contribution in [0.2, 0.25) is 0 Å². The van der Waals surface area contributed by atoms with E-state index in [0.29, 0.717) is 17.3 Å². The predicted molar refractivity (Wildman–Crippen MR) is 138 cm³/mol. The fourth-order valence-electron chi connectivity index (χ4n) is 5.04. The number of pyridine rings is 1. The Morgan fingerprint density at radius 3 is 2.69 bits per heavy atom. The zero-order valence-electron chi connectivity index (χ0n) is 20.6. The van der Waals surface area contributed by atoms with Gasteiger partial charge in [-0.25, -0.2) is 14.4 Å². The summed E-state index contributed by atoms with van der Waals surface area (Å²) >= 11 is 0. The van der Waals surface area contributed by atoms with Crippen LogP contribution in [0.4, 0.5) is 16.0 Å². The molecule has 3 aromatic heterocycles. The Bertz CT molecular complexity index is 1360. The summed E-state index contributed by atoms with van der Waals surface area (Å²) in [5.41, 5.74) is 10.3. The van der Waals surface area contributed by atoms with Crippen LogP contribution in [0.1, 0.15) is 38.8 Å². The van der Waals surface area contributed by atoms with Gasteiger partial charge in [0.2, 0.25) is 5.95 Å². The number of aryl methyl sites for hydroxylation is 1. The zero-order valence-corrected chi connectivity index (χ0v) is 20.6. The first-order chi connectivity index (χ1) is 16.9. The van der Waals surface area contributed by atoms with Crippen LogP contribution in [-0.4, -0.2) is 50.4 Å². The molecule has 3 N–H and O–H groups in total. The lowest BCUT2D eigenvalue weighted by Crippen LogP contribution is -2.32. The molecule has 0 spiro atoms. The molecule has 1 atom stereocenters. The first-order valence-corrected chi connectivity index (χ1v) is 12.1. The molecule has 4 aromatic rings. The first kappa shape index (κ1) is 23.2. The maximum atomic E-state index is 15.8. The second kappa shape index (κ2) is 9.22. The Morgan fingerprint density at radius 1 is 1.17 bits per heavy atom. The summed E-state index contributed by atoms with van der Waals surface area (Å²) in [5, 5.41) is 9.04. The number of hydrogen-bond acceptors (Lipinski definition) is 7.